The van der Waals surface area contributed by atoms with Gasteiger partial charge in [-0.15, -0.1) is 0 Å². The van der Waals surface area contributed by atoms with Gasteiger partial charge in [-0.2, -0.15) is 13.2 Å². The number of hydrogen-bond donors (Lipinski definition) is 0. The number of halogens is 3. The summed E-state index contributed by atoms with van der Waals surface area (Å²) in [6.45, 7) is 4.20. The molecule has 1 aromatic rings. The zero-order valence-electron chi connectivity index (χ0n) is 14.0. The van der Waals surface area contributed by atoms with E-state index in [0.717, 1.165) is 19.3 Å². The highest BCUT2D eigenvalue weighted by Crippen LogP contribution is 2.36. The first kappa shape index (κ1) is 17.2. The van der Waals surface area contributed by atoms with Crippen LogP contribution in [0.25, 0.3) is 0 Å². The van der Waals surface area contributed by atoms with Gasteiger partial charge in [-0.05, 0) is 52.4 Å². The second-order valence-electron chi connectivity index (χ2n) is 6.86. The molecule has 1 fully saturated rings. The maximum Gasteiger partial charge on any atom is 0.433 e. The van der Waals surface area contributed by atoms with E-state index in [0.29, 0.717) is 25.1 Å². The number of likely N-dealkylation sites (tertiary alicyclic amines) is 1. The molecule has 0 N–H and O–H groups in total. The molecule has 1 saturated heterocycles. The maximum atomic E-state index is 13.3. The van der Waals surface area contributed by atoms with Crippen molar-refractivity contribution in [2.45, 2.75) is 64.6 Å². The maximum absolute atomic E-state index is 13.3. The molecule has 7 heteroatoms. The largest absolute Gasteiger partial charge is 0.433 e. The van der Waals surface area contributed by atoms with E-state index in [1.54, 1.807) is 0 Å². The minimum atomic E-state index is -4.51. The number of aromatic nitrogens is 2. The van der Waals surface area contributed by atoms with Crippen LogP contribution in [0.5, 0.6) is 0 Å². The average molecular weight is 341 g/mol. The molecule has 1 aromatic heterocycles. The highest BCUT2D eigenvalue weighted by Gasteiger charge is 2.40. The number of carbonyl (C=O) groups excluding carboxylic acids is 1. The number of fused-ring (bicyclic) bond motifs is 1. The molecule has 1 aliphatic carbocycles. The Bertz CT molecular complexity index is 645. The van der Waals surface area contributed by atoms with E-state index in [1.807, 2.05) is 11.8 Å². The number of aryl methyl sites for hydroxylation is 2. The summed E-state index contributed by atoms with van der Waals surface area (Å²) in [6.07, 6.45) is -0.429. The van der Waals surface area contributed by atoms with Crippen LogP contribution in [-0.2, 0) is 23.8 Å². The zero-order chi connectivity index (χ0) is 17.5. The van der Waals surface area contributed by atoms with Crippen LogP contribution in [0.3, 0.4) is 0 Å². The first-order valence-corrected chi connectivity index (χ1v) is 8.51. The second kappa shape index (κ2) is 6.33. The molecule has 0 bridgehead atoms. The fourth-order valence-corrected chi connectivity index (χ4v) is 3.84. The molecule has 0 aromatic carbocycles. The summed E-state index contributed by atoms with van der Waals surface area (Å²) < 4.78 is 39.9. The molecule has 2 aliphatic rings. The van der Waals surface area contributed by atoms with Gasteiger partial charge in [0.2, 0.25) is 5.91 Å². The van der Waals surface area contributed by atoms with Gasteiger partial charge in [-0.1, -0.05) is 0 Å². The summed E-state index contributed by atoms with van der Waals surface area (Å²) in [4.78, 5) is 22.4. The van der Waals surface area contributed by atoms with Crippen molar-refractivity contribution in [1.29, 1.82) is 0 Å². The second-order valence-corrected chi connectivity index (χ2v) is 6.86. The van der Waals surface area contributed by atoms with Crippen molar-refractivity contribution in [1.82, 2.24) is 14.9 Å². The van der Waals surface area contributed by atoms with E-state index in [4.69, 9.17) is 0 Å². The van der Waals surface area contributed by atoms with E-state index < -0.39 is 17.8 Å². The lowest BCUT2D eigenvalue weighted by Gasteiger charge is -2.37. The van der Waals surface area contributed by atoms with Crippen molar-refractivity contribution in [2.75, 3.05) is 6.54 Å². The SMILES string of the molecule is Cc1nc2c(c(C(F)(F)F)n1)C[C@H](C(=O)N1CCCC[C@H]1C)CC2. The highest BCUT2D eigenvalue weighted by atomic mass is 19.4. The Kier molecular flexibility index (Phi) is 4.53. The van der Waals surface area contributed by atoms with Crippen molar-refractivity contribution in [3.8, 4) is 0 Å². The van der Waals surface area contributed by atoms with Crippen LogP contribution in [-0.4, -0.2) is 33.4 Å². The van der Waals surface area contributed by atoms with Crippen LogP contribution >= 0.6 is 0 Å². The quantitative estimate of drug-likeness (QED) is 0.787. The van der Waals surface area contributed by atoms with Crippen LogP contribution in [0, 0.1) is 12.8 Å². The molecule has 24 heavy (non-hydrogen) atoms. The third-order valence-electron chi connectivity index (χ3n) is 5.09. The fourth-order valence-electron chi connectivity index (χ4n) is 3.84. The molecule has 0 saturated carbocycles. The molecular formula is C17H22F3N3O. The molecule has 132 valence electrons. The Morgan fingerprint density at radius 1 is 1.21 bits per heavy atom. The number of carbonyl (C=O) groups is 1. The van der Waals surface area contributed by atoms with Gasteiger partial charge in [0.05, 0.1) is 0 Å². The Morgan fingerprint density at radius 3 is 2.62 bits per heavy atom. The monoisotopic (exact) mass is 341 g/mol. The summed E-state index contributed by atoms with van der Waals surface area (Å²) in [5.74, 6) is -0.275. The van der Waals surface area contributed by atoms with Crippen molar-refractivity contribution < 1.29 is 18.0 Å². The Morgan fingerprint density at radius 2 is 1.96 bits per heavy atom. The Hall–Kier alpha value is -1.66. The third kappa shape index (κ3) is 3.26. The summed E-state index contributed by atoms with van der Waals surface area (Å²) in [7, 11) is 0. The molecular weight excluding hydrogens is 319 g/mol. The summed E-state index contributed by atoms with van der Waals surface area (Å²) in [5.41, 5.74) is -0.304. The van der Waals surface area contributed by atoms with Crippen molar-refractivity contribution in [2.24, 2.45) is 5.92 Å². The lowest BCUT2D eigenvalue weighted by molar-refractivity contribution is -0.144. The van der Waals surface area contributed by atoms with Crippen molar-refractivity contribution >= 4 is 5.91 Å². The van der Waals surface area contributed by atoms with E-state index in [1.165, 1.54) is 6.92 Å². The van der Waals surface area contributed by atoms with Crippen LogP contribution in [0.4, 0.5) is 13.2 Å². The first-order chi connectivity index (χ1) is 11.3. The van der Waals surface area contributed by atoms with E-state index in [2.05, 4.69) is 9.97 Å². The molecule has 0 spiro atoms. The predicted octanol–water partition coefficient (Wildman–Crippen LogP) is 3.31. The molecule has 2 atom stereocenters. The van der Waals surface area contributed by atoms with Crippen LogP contribution in [0.1, 0.15) is 55.4 Å². The van der Waals surface area contributed by atoms with Crippen LogP contribution in [0.2, 0.25) is 0 Å². The zero-order valence-corrected chi connectivity index (χ0v) is 14.0. The molecule has 1 aliphatic heterocycles. The van der Waals surface area contributed by atoms with Gasteiger partial charge in [0.1, 0.15) is 5.82 Å². The fraction of sp³-hybridized carbons (Fsp3) is 0.706. The number of alkyl halides is 3. The minimum Gasteiger partial charge on any atom is -0.340 e. The minimum absolute atomic E-state index is 0.0125. The van der Waals surface area contributed by atoms with Gasteiger partial charge in [-0.3, -0.25) is 4.79 Å². The van der Waals surface area contributed by atoms with E-state index in [-0.39, 0.29) is 29.8 Å². The summed E-state index contributed by atoms with van der Waals surface area (Å²) >= 11 is 0. The molecule has 4 nitrogen and oxygen atoms in total. The van der Waals surface area contributed by atoms with Gasteiger partial charge in [-0.25, -0.2) is 9.97 Å². The first-order valence-electron chi connectivity index (χ1n) is 8.51. The number of piperidine rings is 1. The lowest BCUT2D eigenvalue weighted by Crippen LogP contribution is -2.46. The summed E-state index contributed by atoms with van der Waals surface area (Å²) in [5, 5.41) is 0. The van der Waals surface area contributed by atoms with Gasteiger partial charge in [0, 0.05) is 29.8 Å². The van der Waals surface area contributed by atoms with Crippen molar-refractivity contribution in [3.63, 3.8) is 0 Å². The van der Waals surface area contributed by atoms with Crippen molar-refractivity contribution in [3.05, 3.63) is 22.8 Å². The van der Waals surface area contributed by atoms with Crippen LogP contribution in [0.15, 0.2) is 0 Å². The standard InChI is InChI=1S/C17H22F3N3O/c1-10-5-3-4-8-23(10)16(24)12-6-7-14-13(9-12)15(17(18,19)20)22-11(2)21-14/h10,12H,3-9H2,1-2H3/t10-,12-/m1/s1. The number of nitrogens with zero attached hydrogens (tertiary/aromatic N) is 3. The van der Waals surface area contributed by atoms with Gasteiger partial charge >= 0.3 is 6.18 Å². The van der Waals surface area contributed by atoms with Crippen LogP contribution < -0.4 is 0 Å². The normalized spacial score (nSPS) is 24.6. The topological polar surface area (TPSA) is 46.1 Å². The number of amides is 1. The Balaban J connectivity index is 1.87. The molecule has 1 amide bonds. The summed E-state index contributed by atoms with van der Waals surface area (Å²) in [6, 6.07) is 0.170. The van der Waals surface area contributed by atoms with Gasteiger partial charge in [0.25, 0.3) is 0 Å². The van der Waals surface area contributed by atoms with E-state index >= 15 is 0 Å². The smallest absolute Gasteiger partial charge is 0.340 e. The molecule has 0 radical (unpaired) electrons. The van der Waals surface area contributed by atoms with E-state index in [9.17, 15) is 18.0 Å². The Labute approximate surface area is 139 Å². The molecule has 3 rings (SSSR count). The lowest BCUT2D eigenvalue weighted by atomic mass is 9.84. The van der Waals surface area contributed by atoms with Gasteiger partial charge < -0.3 is 4.90 Å². The highest BCUT2D eigenvalue weighted by molar-refractivity contribution is 5.80. The van der Waals surface area contributed by atoms with Gasteiger partial charge in [0.15, 0.2) is 5.69 Å². The predicted molar refractivity (Wildman–Crippen MR) is 82.3 cm³/mol. The molecule has 2 heterocycles. The third-order valence-corrected chi connectivity index (χ3v) is 5.09. The average Bonchev–Trinajstić information content (AvgIpc) is 2.52. The number of rotatable bonds is 1. The molecule has 0 unspecified atom stereocenters. The number of hydrogen-bond acceptors (Lipinski definition) is 3.